The molecule has 2 aromatic rings. The summed E-state index contributed by atoms with van der Waals surface area (Å²) in [6, 6.07) is 10.2. The lowest BCUT2D eigenvalue weighted by Crippen LogP contribution is -2.50. The fourth-order valence-electron chi connectivity index (χ4n) is 3.98. The molecule has 1 aromatic carbocycles. The first kappa shape index (κ1) is 20.5. The highest BCUT2D eigenvalue weighted by Gasteiger charge is 2.30. The Kier molecular flexibility index (Phi) is 6.50. The van der Waals surface area contributed by atoms with Gasteiger partial charge in [-0.2, -0.15) is 0 Å². The maximum atomic E-state index is 13.2. The van der Waals surface area contributed by atoms with Crippen molar-refractivity contribution in [2.45, 2.75) is 65.1 Å². The predicted molar refractivity (Wildman–Crippen MR) is 111 cm³/mol. The van der Waals surface area contributed by atoms with E-state index in [2.05, 4.69) is 59.5 Å². The number of nitrogens with zero attached hydrogens (tertiary/aromatic N) is 5. The Morgan fingerprint density at radius 1 is 1.25 bits per heavy atom. The second-order valence-corrected chi connectivity index (χ2v) is 8.69. The first-order chi connectivity index (χ1) is 13.4. The van der Waals surface area contributed by atoms with Gasteiger partial charge in [0.25, 0.3) is 0 Å². The van der Waals surface area contributed by atoms with E-state index in [-0.39, 0.29) is 11.4 Å². The molecular formula is C22H33N5O. The van der Waals surface area contributed by atoms with Gasteiger partial charge in [-0.1, -0.05) is 30.3 Å². The number of piperidine rings is 1. The molecule has 1 amide bonds. The first-order valence-corrected chi connectivity index (χ1v) is 10.3. The summed E-state index contributed by atoms with van der Waals surface area (Å²) >= 11 is 0. The van der Waals surface area contributed by atoms with E-state index in [1.165, 1.54) is 5.56 Å². The third-order valence-corrected chi connectivity index (χ3v) is 5.51. The Morgan fingerprint density at radius 2 is 2.00 bits per heavy atom. The van der Waals surface area contributed by atoms with Gasteiger partial charge in [0.1, 0.15) is 12.2 Å². The number of aromatic nitrogens is 3. The van der Waals surface area contributed by atoms with Crippen molar-refractivity contribution in [2.75, 3.05) is 19.6 Å². The van der Waals surface area contributed by atoms with E-state index < -0.39 is 0 Å². The zero-order chi connectivity index (χ0) is 20.1. The third kappa shape index (κ3) is 4.98. The van der Waals surface area contributed by atoms with Crippen LogP contribution in [0.1, 0.15) is 57.8 Å². The topological polar surface area (TPSA) is 54.3 Å². The van der Waals surface area contributed by atoms with Crippen LogP contribution < -0.4 is 0 Å². The molecule has 1 saturated heterocycles. The molecular weight excluding hydrogens is 350 g/mol. The highest BCUT2D eigenvalue weighted by atomic mass is 16.2. The number of carbonyl (C=O) groups excluding carboxylic acids is 1. The van der Waals surface area contributed by atoms with Crippen molar-refractivity contribution in [1.29, 1.82) is 0 Å². The Morgan fingerprint density at radius 3 is 2.68 bits per heavy atom. The largest absolute Gasteiger partial charge is 0.332 e. The lowest BCUT2D eigenvalue weighted by Gasteiger charge is -2.39. The van der Waals surface area contributed by atoms with Crippen LogP contribution in [0.4, 0.5) is 0 Å². The van der Waals surface area contributed by atoms with Gasteiger partial charge in [-0.3, -0.25) is 9.69 Å². The number of amides is 1. The fourth-order valence-corrected chi connectivity index (χ4v) is 3.98. The molecule has 1 unspecified atom stereocenters. The van der Waals surface area contributed by atoms with Crippen molar-refractivity contribution in [3.05, 3.63) is 48.0 Å². The summed E-state index contributed by atoms with van der Waals surface area (Å²) in [7, 11) is 0. The van der Waals surface area contributed by atoms with Crippen LogP contribution in [0.3, 0.4) is 0 Å². The molecule has 1 aliphatic rings. The monoisotopic (exact) mass is 383 g/mol. The summed E-state index contributed by atoms with van der Waals surface area (Å²) in [4.78, 5) is 17.5. The SMILES string of the molecule is CCn1cnnc1C1CCCN(CC(=O)N(Cc2ccccc2)C(C)(C)C)C1. The normalized spacial score (nSPS) is 18.2. The lowest BCUT2D eigenvalue weighted by molar-refractivity contribution is -0.138. The maximum absolute atomic E-state index is 13.2. The molecule has 0 radical (unpaired) electrons. The zero-order valence-corrected chi connectivity index (χ0v) is 17.6. The molecule has 0 N–H and O–H groups in total. The van der Waals surface area contributed by atoms with Gasteiger partial charge in [0.05, 0.1) is 6.54 Å². The van der Waals surface area contributed by atoms with Crippen LogP contribution in [0.2, 0.25) is 0 Å². The summed E-state index contributed by atoms with van der Waals surface area (Å²) in [5.74, 6) is 1.59. The van der Waals surface area contributed by atoms with Crippen LogP contribution in [-0.2, 0) is 17.9 Å². The number of benzene rings is 1. The van der Waals surface area contributed by atoms with Gasteiger partial charge in [-0.05, 0) is 52.6 Å². The van der Waals surface area contributed by atoms with Gasteiger partial charge in [0.2, 0.25) is 5.91 Å². The van der Waals surface area contributed by atoms with Crippen molar-refractivity contribution in [2.24, 2.45) is 0 Å². The van der Waals surface area contributed by atoms with Gasteiger partial charge >= 0.3 is 0 Å². The van der Waals surface area contributed by atoms with Crippen LogP contribution in [0.5, 0.6) is 0 Å². The third-order valence-electron chi connectivity index (χ3n) is 5.51. The molecule has 1 fully saturated rings. The second-order valence-electron chi connectivity index (χ2n) is 8.69. The number of likely N-dealkylation sites (tertiary alicyclic amines) is 1. The zero-order valence-electron chi connectivity index (χ0n) is 17.6. The number of aryl methyl sites for hydroxylation is 1. The van der Waals surface area contributed by atoms with Crippen LogP contribution in [0.25, 0.3) is 0 Å². The van der Waals surface area contributed by atoms with E-state index in [9.17, 15) is 4.79 Å². The van der Waals surface area contributed by atoms with Gasteiger partial charge in [0, 0.05) is 31.1 Å². The smallest absolute Gasteiger partial charge is 0.237 e. The molecule has 0 saturated carbocycles. The molecule has 1 aromatic heterocycles. The molecule has 1 atom stereocenters. The Balaban J connectivity index is 1.67. The minimum atomic E-state index is -0.218. The Labute approximate surface area is 168 Å². The molecule has 2 heterocycles. The maximum Gasteiger partial charge on any atom is 0.237 e. The Bertz CT molecular complexity index is 765. The molecule has 28 heavy (non-hydrogen) atoms. The van der Waals surface area contributed by atoms with Crippen molar-refractivity contribution in [3.8, 4) is 0 Å². The number of rotatable bonds is 6. The summed E-state index contributed by atoms with van der Waals surface area (Å²) in [5.41, 5.74) is 0.947. The van der Waals surface area contributed by atoms with Crippen molar-refractivity contribution >= 4 is 5.91 Å². The van der Waals surface area contributed by atoms with E-state index in [0.717, 1.165) is 38.3 Å². The van der Waals surface area contributed by atoms with E-state index in [0.29, 0.717) is 19.0 Å². The van der Waals surface area contributed by atoms with E-state index >= 15 is 0 Å². The van der Waals surface area contributed by atoms with Gasteiger partial charge in [-0.15, -0.1) is 10.2 Å². The molecule has 0 aliphatic carbocycles. The summed E-state index contributed by atoms with van der Waals surface area (Å²) < 4.78 is 2.12. The predicted octanol–water partition coefficient (Wildman–Crippen LogP) is 3.30. The Hall–Kier alpha value is -2.21. The summed E-state index contributed by atoms with van der Waals surface area (Å²) in [6.45, 7) is 12.3. The fraction of sp³-hybridized carbons (Fsp3) is 0.591. The highest BCUT2D eigenvalue weighted by Crippen LogP contribution is 2.26. The summed E-state index contributed by atoms with van der Waals surface area (Å²) in [6.07, 6.45) is 4.00. The summed E-state index contributed by atoms with van der Waals surface area (Å²) in [5, 5.41) is 8.43. The van der Waals surface area contributed by atoms with Crippen molar-refractivity contribution < 1.29 is 4.79 Å². The van der Waals surface area contributed by atoms with Gasteiger partial charge < -0.3 is 9.47 Å². The molecule has 0 bridgehead atoms. The minimum Gasteiger partial charge on any atom is -0.332 e. The molecule has 152 valence electrons. The average Bonchev–Trinajstić information content (AvgIpc) is 3.15. The highest BCUT2D eigenvalue weighted by molar-refractivity contribution is 5.79. The quantitative estimate of drug-likeness (QED) is 0.768. The minimum absolute atomic E-state index is 0.189. The van der Waals surface area contributed by atoms with Crippen molar-refractivity contribution in [3.63, 3.8) is 0 Å². The van der Waals surface area contributed by atoms with Gasteiger partial charge in [0.15, 0.2) is 0 Å². The van der Waals surface area contributed by atoms with Crippen LogP contribution in [-0.4, -0.2) is 55.6 Å². The van der Waals surface area contributed by atoms with Crippen LogP contribution >= 0.6 is 0 Å². The van der Waals surface area contributed by atoms with Crippen LogP contribution in [0.15, 0.2) is 36.7 Å². The molecule has 1 aliphatic heterocycles. The van der Waals surface area contributed by atoms with Crippen molar-refractivity contribution in [1.82, 2.24) is 24.6 Å². The number of carbonyl (C=O) groups is 1. The molecule has 6 heteroatoms. The van der Waals surface area contributed by atoms with E-state index in [1.807, 2.05) is 23.1 Å². The lowest BCUT2D eigenvalue weighted by atomic mass is 9.97. The second kappa shape index (κ2) is 8.86. The molecule has 0 spiro atoms. The van der Waals surface area contributed by atoms with Gasteiger partial charge in [-0.25, -0.2) is 0 Å². The van der Waals surface area contributed by atoms with E-state index in [4.69, 9.17) is 0 Å². The number of hydrogen-bond donors (Lipinski definition) is 0. The average molecular weight is 384 g/mol. The first-order valence-electron chi connectivity index (χ1n) is 10.3. The van der Waals surface area contributed by atoms with Crippen LogP contribution in [0, 0.1) is 0 Å². The standard InChI is InChI=1S/C22H33N5O/c1-5-26-17-23-24-21(26)19-12-9-13-25(15-19)16-20(28)27(22(2,3)4)14-18-10-7-6-8-11-18/h6-8,10-11,17,19H,5,9,12-16H2,1-4H3. The van der Waals surface area contributed by atoms with E-state index in [1.54, 1.807) is 6.33 Å². The molecule has 6 nitrogen and oxygen atoms in total. The number of hydrogen-bond acceptors (Lipinski definition) is 4. The molecule has 3 rings (SSSR count).